The number of rotatable bonds is 4. The summed E-state index contributed by atoms with van der Waals surface area (Å²) >= 11 is 0. The van der Waals surface area contributed by atoms with Crippen molar-refractivity contribution in [3.8, 4) is 17.6 Å². The minimum absolute atomic E-state index is 0.0704. The molecule has 0 unspecified atom stereocenters. The zero-order valence-corrected chi connectivity index (χ0v) is 10.9. The smallest absolute Gasteiger partial charge is 0.162 e. The number of benzene rings is 2. The first-order chi connectivity index (χ1) is 9.63. The van der Waals surface area contributed by atoms with Crippen molar-refractivity contribution in [2.75, 3.05) is 12.8 Å². The van der Waals surface area contributed by atoms with Crippen molar-refractivity contribution in [3.63, 3.8) is 0 Å². The summed E-state index contributed by atoms with van der Waals surface area (Å²) in [5, 5.41) is 8.97. The van der Waals surface area contributed by atoms with E-state index in [1.54, 1.807) is 18.2 Å². The highest BCUT2D eigenvalue weighted by molar-refractivity contribution is 5.52. The summed E-state index contributed by atoms with van der Waals surface area (Å²) in [5.74, 6) is 0.557. The van der Waals surface area contributed by atoms with Gasteiger partial charge >= 0.3 is 0 Å². The molecule has 0 fully saturated rings. The molecule has 102 valence electrons. The van der Waals surface area contributed by atoms with Gasteiger partial charge in [0.15, 0.2) is 11.5 Å². The van der Waals surface area contributed by atoms with E-state index in [4.69, 9.17) is 20.5 Å². The van der Waals surface area contributed by atoms with E-state index in [0.29, 0.717) is 28.3 Å². The lowest BCUT2D eigenvalue weighted by atomic mass is 10.1. The summed E-state index contributed by atoms with van der Waals surface area (Å²) in [4.78, 5) is 0. The van der Waals surface area contributed by atoms with Crippen LogP contribution in [-0.2, 0) is 6.61 Å². The number of methoxy groups -OCH3 is 1. The molecule has 0 aliphatic carbocycles. The molecule has 0 heterocycles. The Morgan fingerprint density at radius 3 is 2.70 bits per heavy atom. The first-order valence-electron chi connectivity index (χ1n) is 5.89. The molecule has 0 radical (unpaired) electrons. The molecule has 0 saturated carbocycles. The quantitative estimate of drug-likeness (QED) is 0.869. The number of ether oxygens (including phenoxy) is 2. The lowest BCUT2D eigenvalue weighted by Crippen LogP contribution is -2.01. The third kappa shape index (κ3) is 2.98. The Hall–Kier alpha value is -2.74. The van der Waals surface area contributed by atoms with E-state index in [1.165, 1.54) is 25.3 Å². The summed E-state index contributed by atoms with van der Waals surface area (Å²) in [6.07, 6.45) is 0. The fourth-order valence-electron chi connectivity index (χ4n) is 1.75. The second kappa shape index (κ2) is 5.93. The molecule has 0 amide bonds. The van der Waals surface area contributed by atoms with Crippen LogP contribution in [0, 0.1) is 17.1 Å². The maximum absolute atomic E-state index is 13.2. The van der Waals surface area contributed by atoms with Gasteiger partial charge in [-0.3, -0.25) is 0 Å². The van der Waals surface area contributed by atoms with Gasteiger partial charge in [0.1, 0.15) is 12.4 Å². The van der Waals surface area contributed by atoms with Crippen LogP contribution in [0.1, 0.15) is 11.1 Å². The number of nitriles is 1. The van der Waals surface area contributed by atoms with E-state index in [9.17, 15) is 4.39 Å². The molecule has 5 heteroatoms. The number of hydrogen-bond acceptors (Lipinski definition) is 4. The SMILES string of the molecule is COc1cc(N)ccc1OCc1cc(F)ccc1C#N. The Kier molecular flexibility index (Phi) is 4.06. The van der Waals surface area contributed by atoms with Gasteiger partial charge in [0.25, 0.3) is 0 Å². The third-order valence-corrected chi connectivity index (χ3v) is 2.76. The van der Waals surface area contributed by atoms with Crippen molar-refractivity contribution >= 4 is 5.69 Å². The summed E-state index contributed by atoms with van der Waals surface area (Å²) < 4.78 is 23.9. The van der Waals surface area contributed by atoms with Crippen molar-refractivity contribution < 1.29 is 13.9 Å². The molecule has 0 saturated heterocycles. The van der Waals surface area contributed by atoms with E-state index < -0.39 is 5.82 Å². The minimum Gasteiger partial charge on any atom is -0.493 e. The van der Waals surface area contributed by atoms with Crippen molar-refractivity contribution in [2.24, 2.45) is 0 Å². The molecule has 0 aromatic heterocycles. The fraction of sp³-hybridized carbons (Fsp3) is 0.133. The van der Waals surface area contributed by atoms with Gasteiger partial charge in [0.2, 0.25) is 0 Å². The Labute approximate surface area is 116 Å². The first kappa shape index (κ1) is 13.7. The molecular formula is C15H13FN2O2. The minimum atomic E-state index is -0.410. The van der Waals surface area contributed by atoms with Gasteiger partial charge in [-0.05, 0) is 30.3 Å². The number of nitrogens with two attached hydrogens (primary N) is 1. The molecule has 0 bridgehead atoms. The van der Waals surface area contributed by atoms with Gasteiger partial charge in [-0.1, -0.05) is 0 Å². The van der Waals surface area contributed by atoms with Crippen LogP contribution in [0.3, 0.4) is 0 Å². The monoisotopic (exact) mass is 272 g/mol. The predicted molar refractivity (Wildman–Crippen MR) is 72.9 cm³/mol. The van der Waals surface area contributed by atoms with Crippen molar-refractivity contribution in [3.05, 3.63) is 53.3 Å². The molecule has 4 nitrogen and oxygen atoms in total. The van der Waals surface area contributed by atoms with Crippen molar-refractivity contribution in [2.45, 2.75) is 6.61 Å². The van der Waals surface area contributed by atoms with Crippen LogP contribution < -0.4 is 15.2 Å². The van der Waals surface area contributed by atoms with Crippen LogP contribution in [0.4, 0.5) is 10.1 Å². The maximum atomic E-state index is 13.2. The average molecular weight is 272 g/mol. The summed E-state index contributed by atoms with van der Waals surface area (Å²) in [6, 6.07) is 10.9. The summed E-state index contributed by atoms with van der Waals surface area (Å²) in [5.41, 5.74) is 7.05. The Bertz CT molecular complexity index is 665. The highest BCUT2D eigenvalue weighted by Crippen LogP contribution is 2.29. The molecule has 20 heavy (non-hydrogen) atoms. The maximum Gasteiger partial charge on any atom is 0.162 e. The molecule has 0 atom stereocenters. The standard InChI is InChI=1S/C15H13FN2O2/c1-19-15-7-13(18)4-5-14(15)20-9-11-6-12(16)3-2-10(11)8-17/h2-7H,9,18H2,1H3. The van der Waals surface area contributed by atoms with E-state index in [-0.39, 0.29) is 6.61 Å². The number of nitrogens with zero attached hydrogens (tertiary/aromatic N) is 1. The molecule has 2 aromatic carbocycles. The zero-order valence-electron chi connectivity index (χ0n) is 10.9. The Morgan fingerprint density at radius 2 is 2.00 bits per heavy atom. The fourth-order valence-corrected chi connectivity index (χ4v) is 1.75. The lowest BCUT2D eigenvalue weighted by Gasteiger charge is -2.12. The molecule has 0 spiro atoms. The molecule has 0 aliphatic heterocycles. The molecule has 2 N–H and O–H groups in total. The predicted octanol–water partition coefficient (Wildman–Crippen LogP) is 2.87. The molecule has 0 aliphatic rings. The van der Waals surface area contributed by atoms with Gasteiger partial charge in [0.05, 0.1) is 18.7 Å². The van der Waals surface area contributed by atoms with Gasteiger partial charge in [0, 0.05) is 17.3 Å². The van der Waals surface area contributed by atoms with Crippen LogP contribution in [0.15, 0.2) is 36.4 Å². The van der Waals surface area contributed by atoms with Crippen LogP contribution in [0.5, 0.6) is 11.5 Å². The molecule has 2 aromatic rings. The number of anilines is 1. The van der Waals surface area contributed by atoms with Gasteiger partial charge in [-0.15, -0.1) is 0 Å². The average Bonchev–Trinajstić information content (AvgIpc) is 2.46. The number of nitrogen functional groups attached to an aromatic ring is 1. The summed E-state index contributed by atoms with van der Waals surface area (Å²) in [6.45, 7) is 0.0704. The van der Waals surface area contributed by atoms with E-state index in [2.05, 4.69) is 0 Å². The number of hydrogen-bond donors (Lipinski definition) is 1. The molecular weight excluding hydrogens is 259 g/mol. The van der Waals surface area contributed by atoms with Gasteiger partial charge < -0.3 is 15.2 Å². The van der Waals surface area contributed by atoms with Crippen LogP contribution in [0.2, 0.25) is 0 Å². The van der Waals surface area contributed by atoms with Gasteiger partial charge in [-0.25, -0.2) is 4.39 Å². The second-order valence-corrected chi connectivity index (χ2v) is 4.11. The van der Waals surface area contributed by atoms with Crippen LogP contribution in [-0.4, -0.2) is 7.11 Å². The zero-order chi connectivity index (χ0) is 14.5. The highest BCUT2D eigenvalue weighted by Gasteiger charge is 2.08. The number of halogens is 1. The molecule has 2 rings (SSSR count). The van der Waals surface area contributed by atoms with E-state index in [0.717, 1.165) is 0 Å². The normalized spacial score (nSPS) is 9.85. The van der Waals surface area contributed by atoms with Crippen LogP contribution >= 0.6 is 0 Å². The second-order valence-electron chi connectivity index (χ2n) is 4.11. The van der Waals surface area contributed by atoms with Crippen molar-refractivity contribution in [1.82, 2.24) is 0 Å². The topological polar surface area (TPSA) is 68.3 Å². The van der Waals surface area contributed by atoms with Gasteiger partial charge in [-0.2, -0.15) is 5.26 Å². The largest absolute Gasteiger partial charge is 0.493 e. The van der Waals surface area contributed by atoms with E-state index >= 15 is 0 Å². The van der Waals surface area contributed by atoms with Crippen LogP contribution in [0.25, 0.3) is 0 Å². The third-order valence-electron chi connectivity index (χ3n) is 2.76. The Balaban J connectivity index is 2.21. The first-order valence-corrected chi connectivity index (χ1v) is 5.89. The highest BCUT2D eigenvalue weighted by atomic mass is 19.1. The summed E-state index contributed by atoms with van der Waals surface area (Å²) in [7, 11) is 1.50. The lowest BCUT2D eigenvalue weighted by molar-refractivity contribution is 0.284. The van der Waals surface area contributed by atoms with E-state index in [1.807, 2.05) is 6.07 Å². The van der Waals surface area contributed by atoms with Crippen molar-refractivity contribution in [1.29, 1.82) is 5.26 Å². The Morgan fingerprint density at radius 1 is 1.20 bits per heavy atom.